The number of hydrogen-bond donors (Lipinski definition) is 0. The molecule has 0 amide bonds. The summed E-state index contributed by atoms with van der Waals surface area (Å²) < 4.78 is 2.61. The highest BCUT2D eigenvalue weighted by Crippen LogP contribution is 2.20. The normalized spacial score (nSPS) is 11.3. The average molecular weight is 325 g/mol. The van der Waals surface area contributed by atoms with E-state index < -0.39 is 0 Å². The van der Waals surface area contributed by atoms with Crippen LogP contribution >= 0.6 is 27.3 Å². The van der Waals surface area contributed by atoms with E-state index in [4.69, 9.17) is 0 Å². The molecule has 18 heavy (non-hydrogen) atoms. The molecule has 2 aromatic heterocycles. The lowest BCUT2D eigenvalue weighted by atomic mass is 10.2. The van der Waals surface area contributed by atoms with Gasteiger partial charge in [0.15, 0.2) is 5.78 Å². The summed E-state index contributed by atoms with van der Waals surface area (Å²) in [7, 11) is 1.84. The molecule has 0 aliphatic carbocycles. The van der Waals surface area contributed by atoms with Crippen molar-refractivity contribution in [2.75, 3.05) is 0 Å². The van der Waals surface area contributed by atoms with Crippen molar-refractivity contribution in [2.24, 2.45) is 7.05 Å². The van der Waals surface area contributed by atoms with E-state index >= 15 is 0 Å². The molecule has 0 aliphatic rings. The Kier molecular flexibility index (Phi) is 4.14. The summed E-state index contributed by atoms with van der Waals surface area (Å²) in [6.45, 7) is 2.09. The number of thiophene rings is 1. The predicted octanol–water partition coefficient (Wildman–Crippen LogP) is 3.70. The van der Waals surface area contributed by atoms with Gasteiger partial charge in [0.1, 0.15) is 0 Å². The zero-order valence-corrected chi connectivity index (χ0v) is 12.6. The van der Waals surface area contributed by atoms with Gasteiger partial charge in [-0.15, -0.1) is 11.3 Å². The van der Waals surface area contributed by atoms with Gasteiger partial charge in [-0.1, -0.05) is 6.92 Å². The van der Waals surface area contributed by atoms with Gasteiger partial charge < -0.3 is 0 Å². The fraction of sp³-hybridized carbons (Fsp3) is 0.231. The van der Waals surface area contributed by atoms with E-state index in [1.54, 1.807) is 34.4 Å². The van der Waals surface area contributed by atoms with Crippen molar-refractivity contribution in [2.45, 2.75) is 13.3 Å². The van der Waals surface area contributed by atoms with Crippen molar-refractivity contribution >= 4 is 39.1 Å². The summed E-state index contributed by atoms with van der Waals surface area (Å²) in [6, 6.07) is 3.89. The third-order valence-electron chi connectivity index (χ3n) is 2.58. The number of aryl methyl sites for hydroxylation is 2. The van der Waals surface area contributed by atoms with Crippen LogP contribution in [0.25, 0.3) is 6.08 Å². The smallest absolute Gasteiger partial charge is 0.195 e. The molecule has 0 radical (unpaired) electrons. The molecule has 3 nitrogen and oxygen atoms in total. The Morgan fingerprint density at radius 1 is 1.56 bits per heavy atom. The van der Waals surface area contributed by atoms with E-state index in [0.29, 0.717) is 0 Å². The summed E-state index contributed by atoms with van der Waals surface area (Å²) >= 11 is 4.95. The third kappa shape index (κ3) is 2.79. The van der Waals surface area contributed by atoms with Crippen molar-refractivity contribution in [3.8, 4) is 0 Å². The van der Waals surface area contributed by atoms with Crippen LogP contribution in [0.1, 0.15) is 27.2 Å². The minimum Gasteiger partial charge on any atom is -0.288 e. The van der Waals surface area contributed by atoms with Gasteiger partial charge in [-0.05, 0) is 46.6 Å². The average Bonchev–Trinajstić information content (AvgIpc) is 2.95. The Bertz CT molecular complexity index is 578. The van der Waals surface area contributed by atoms with Gasteiger partial charge in [0.25, 0.3) is 0 Å². The first-order chi connectivity index (χ1) is 8.61. The van der Waals surface area contributed by atoms with Gasteiger partial charge in [-0.25, -0.2) is 0 Å². The summed E-state index contributed by atoms with van der Waals surface area (Å²) in [5, 5.41) is 4.09. The van der Waals surface area contributed by atoms with E-state index in [1.807, 2.05) is 19.2 Å². The zero-order chi connectivity index (χ0) is 13.1. The molecule has 2 aromatic rings. The Labute approximate surface area is 118 Å². The van der Waals surface area contributed by atoms with Crippen LogP contribution in [0.5, 0.6) is 0 Å². The Morgan fingerprint density at radius 3 is 2.89 bits per heavy atom. The SMILES string of the molecule is CCc1ccc(C(=O)/C=C/c2c(Br)cnn2C)s1. The van der Waals surface area contributed by atoms with Crippen LogP contribution in [0.4, 0.5) is 0 Å². The van der Waals surface area contributed by atoms with Crippen molar-refractivity contribution in [1.29, 1.82) is 0 Å². The highest BCUT2D eigenvalue weighted by molar-refractivity contribution is 9.10. The lowest BCUT2D eigenvalue weighted by Gasteiger charge is -1.95. The number of allylic oxidation sites excluding steroid dienone is 1. The molecule has 94 valence electrons. The van der Waals surface area contributed by atoms with Gasteiger partial charge in [0.05, 0.1) is 21.2 Å². The van der Waals surface area contributed by atoms with Crippen molar-refractivity contribution in [3.63, 3.8) is 0 Å². The summed E-state index contributed by atoms with van der Waals surface area (Å²) in [5.41, 5.74) is 0.885. The Hall–Kier alpha value is -1.20. The molecule has 0 bridgehead atoms. The molecule has 0 N–H and O–H groups in total. The molecule has 0 saturated carbocycles. The molecule has 0 spiro atoms. The first-order valence-corrected chi connectivity index (χ1v) is 7.21. The third-order valence-corrected chi connectivity index (χ3v) is 4.44. The Balaban J connectivity index is 2.16. The van der Waals surface area contributed by atoms with Gasteiger partial charge in [-0.2, -0.15) is 5.10 Å². The quantitative estimate of drug-likeness (QED) is 0.634. The first-order valence-electron chi connectivity index (χ1n) is 5.60. The highest BCUT2D eigenvalue weighted by atomic mass is 79.9. The number of ketones is 1. The van der Waals surface area contributed by atoms with E-state index in [-0.39, 0.29) is 5.78 Å². The molecule has 0 fully saturated rings. The summed E-state index contributed by atoms with van der Waals surface area (Å²) in [6.07, 6.45) is 6.05. The van der Waals surface area contributed by atoms with E-state index in [9.17, 15) is 4.79 Å². The molecule has 5 heteroatoms. The van der Waals surface area contributed by atoms with E-state index in [1.165, 1.54) is 4.88 Å². The van der Waals surface area contributed by atoms with Crippen molar-refractivity contribution in [1.82, 2.24) is 9.78 Å². The molecule has 2 rings (SSSR count). The fourth-order valence-electron chi connectivity index (χ4n) is 1.54. The standard InChI is InChI=1S/C13H13BrN2OS/c1-3-9-4-7-13(18-9)12(17)6-5-11-10(14)8-15-16(11)2/h4-8H,3H2,1-2H3/b6-5+. The number of carbonyl (C=O) groups excluding carboxylic acids is 1. The van der Waals surface area contributed by atoms with Gasteiger partial charge in [0.2, 0.25) is 0 Å². The molecule has 0 atom stereocenters. The molecule has 0 unspecified atom stereocenters. The van der Waals surface area contributed by atoms with Crippen LogP contribution < -0.4 is 0 Å². The second-order valence-electron chi connectivity index (χ2n) is 3.82. The van der Waals surface area contributed by atoms with E-state index in [0.717, 1.165) is 21.5 Å². The molecule has 0 aliphatic heterocycles. The first kappa shape index (κ1) is 13.2. The van der Waals surface area contributed by atoms with Gasteiger partial charge >= 0.3 is 0 Å². The second kappa shape index (κ2) is 5.63. The predicted molar refractivity (Wildman–Crippen MR) is 78.0 cm³/mol. The maximum atomic E-state index is 12.0. The van der Waals surface area contributed by atoms with Crippen LogP contribution in [0.15, 0.2) is 28.9 Å². The summed E-state index contributed by atoms with van der Waals surface area (Å²) in [4.78, 5) is 14.0. The molecular weight excluding hydrogens is 312 g/mol. The Morgan fingerprint density at radius 2 is 2.33 bits per heavy atom. The van der Waals surface area contributed by atoms with Gasteiger partial charge in [0, 0.05) is 11.9 Å². The van der Waals surface area contributed by atoms with Crippen LogP contribution in [0.3, 0.4) is 0 Å². The lowest BCUT2D eigenvalue weighted by molar-refractivity contribution is 0.105. The second-order valence-corrected chi connectivity index (χ2v) is 5.84. The van der Waals surface area contributed by atoms with Crippen molar-refractivity contribution < 1.29 is 4.79 Å². The topological polar surface area (TPSA) is 34.9 Å². The van der Waals surface area contributed by atoms with Crippen LogP contribution in [-0.2, 0) is 13.5 Å². The zero-order valence-electron chi connectivity index (χ0n) is 10.2. The summed E-state index contributed by atoms with van der Waals surface area (Å²) in [5.74, 6) is 0.0350. The minimum atomic E-state index is 0.0350. The van der Waals surface area contributed by atoms with Crippen LogP contribution in [0, 0.1) is 0 Å². The monoisotopic (exact) mass is 324 g/mol. The maximum Gasteiger partial charge on any atom is 0.195 e. The lowest BCUT2D eigenvalue weighted by Crippen LogP contribution is -1.94. The minimum absolute atomic E-state index is 0.0350. The van der Waals surface area contributed by atoms with E-state index in [2.05, 4.69) is 28.0 Å². The largest absolute Gasteiger partial charge is 0.288 e. The number of rotatable bonds is 4. The van der Waals surface area contributed by atoms with Crippen molar-refractivity contribution in [3.05, 3.63) is 44.3 Å². The molecular formula is C13H13BrN2OS. The number of halogens is 1. The fourth-order valence-corrected chi connectivity index (χ4v) is 2.89. The van der Waals surface area contributed by atoms with Crippen LogP contribution in [-0.4, -0.2) is 15.6 Å². The molecule has 2 heterocycles. The number of nitrogens with zero attached hydrogens (tertiary/aromatic N) is 2. The van der Waals surface area contributed by atoms with Crippen LogP contribution in [0.2, 0.25) is 0 Å². The van der Waals surface area contributed by atoms with Gasteiger partial charge in [-0.3, -0.25) is 9.48 Å². The number of hydrogen-bond acceptors (Lipinski definition) is 3. The molecule has 0 aromatic carbocycles. The molecule has 0 saturated heterocycles. The maximum absolute atomic E-state index is 12.0. The number of carbonyl (C=O) groups is 1. The number of aromatic nitrogens is 2. The highest BCUT2D eigenvalue weighted by Gasteiger charge is 2.07.